The van der Waals surface area contributed by atoms with Gasteiger partial charge in [-0.15, -0.1) is 0 Å². The number of rotatable bonds is 5. The van der Waals surface area contributed by atoms with Gasteiger partial charge in [-0.3, -0.25) is 14.2 Å². The van der Waals surface area contributed by atoms with Gasteiger partial charge >= 0.3 is 5.69 Å². The van der Waals surface area contributed by atoms with Crippen LogP contribution in [0.2, 0.25) is 5.02 Å². The van der Waals surface area contributed by atoms with Gasteiger partial charge in [-0.05, 0) is 35.9 Å². The lowest BCUT2D eigenvalue weighted by Crippen LogP contribution is -2.50. The number of carbonyl (C=O) groups excluding carboxylic acids is 1. The second-order valence-corrected chi connectivity index (χ2v) is 7.87. The predicted molar refractivity (Wildman–Crippen MR) is 123 cm³/mol. The predicted octanol–water partition coefficient (Wildman–Crippen LogP) is 2.21. The number of H-pyrrole nitrogens is 1. The summed E-state index contributed by atoms with van der Waals surface area (Å²) >= 11 is 6.17. The van der Waals surface area contributed by atoms with Gasteiger partial charge in [0.15, 0.2) is 0 Å². The van der Waals surface area contributed by atoms with Crippen molar-refractivity contribution in [3.8, 4) is 5.75 Å². The number of anilines is 1. The number of piperazine rings is 1. The number of amides is 1. The van der Waals surface area contributed by atoms with E-state index in [-0.39, 0.29) is 12.1 Å². The van der Waals surface area contributed by atoms with Gasteiger partial charge < -0.3 is 19.5 Å². The molecule has 1 amide bonds. The van der Waals surface area contributed by atoms with Crippen molar-refractivity contribution in [2.45, 2.75) is 6.54 Å². The lowest BCUT2D eigenvalue weighted by molar-refractivity contribution is 0.0743. The Labute approximate surface area is 189 Å². The van der Waals surface area contributed by atoms with E-state index in [1.165, 1.54) is 6.20 Å². The van der Waals surface area contributed by atoms with Crippen molar-refractivity contribution in [1.82, 2.24) is 14.5 Å². The average molecular weight is 455 g/mol. The van der Waals surface area contributed by atoms with E-state index < -0.39 is 17.2 Å². The number of benzene rings is 2. The molecule has 166 valence electrons. The van der Waals surface area contributed by atoms with Crippen LogP contribution in [0.25, 0.3) is 0 Å². The minimum atomic E-state index is -0.628. The van der Waals surface area contributed by atoms with Crippen LogP contribution < -0.4 is 20.9 Å². The van der Waals surface area contributed by atoms with Crippen LogP contribution in [0.5, 0.6) is 5.75 Å². The van der Waals surface area contributed by atoms with E-state index >= 15 is 0 Å². The Morgan fingerprint density at radius 1 is 1.03 bits per heavy atom. The molecule has 0 spiro atoms. The van der Waals surface area contributed by atoms with Gasteiger partial charge in [0.05, 0.1) is 13.7 Å². The molecule has 0 unspecified atom stereocenters. The van der Waals surface area contributed by atoms with Crippen molar-refractivity contribution >= 4 is 23.2 Å². The van der Waals surface area contributed by atoms with E-state index in [1.54, 1.807) is 36.3 Å². The minimum Gasteiger partial charge on any atom is -0.497 e. The van der Waals surface area contributed by atoms with Crippen molar-refractivity contribution < 1.29 is 9.53 Å². The fraction of sp³-hybridized carbons (Fsp3) is 0.261. The highest BCUT2D eigenvalue weighted by Crippen LogP contribution is 2.21. The van der Waals surface area contributed by atoms with Gasteiger partial charge in [0.25, 0.3) is 11.5 Å². The quantitative estimate of drug-likeness (QED) is 0.638. The van der Waals surface area contributed by atoms with Gasteiger partial charge in [0.1, 0.15) is 11.3 Å². The topological polar surface area (TPSA) is 87.6 Å². The zero-order valence-electron chi connectivity index (χ0n) is 17.6. The summed E-state index contributed by atoms with van der Waals surface area (Å²) in [7, 11) is 1.62. The molecule has 1 fully saturated rings. The fourth-order valence-electron chi connectivity index (χ4n) is 3.74. The molecule has 2 aromatic carbocycles. The molecule has 0 aliphatic carbocycles. The summed E-state index contributed by atoms with van der Waals surface area (Å²) < 4.78 is 6.19. The fourth-order valence-corrected chi connectivity index (χ4v) is 3.93. The average Bonchev–Trinajstić information content (AvgIpc) is 2.83. The molecule has 8 nitrogen and oxygen atoms in total. The Balaban J connectivity index is 1.49. The summed E-state index contributed by atoms with van der Waals surface area (Å²) in [6.45, 7) is 2.19. The Hall–Kier alpha value is -3.52. The highest BCUT2D eigenvalue weighted by atomic mass is 35.5. The van der Waals surface area contributed by atoms with Gasteiger partial charge in [0, 0.05) is 43.1 Å². The third-order valence-electron chi connectivity index (χ3n) is 5.58. The molecule has 3 aromatic rings. The van der Waals surface area contributed by atoms with Crippen LogP contribution in [-0.2, 0) is 6.54 Å². The summed E-state index contributed by atoms with van der Waals surface area (Å²) in [5.41, 5.74) is 0.394. The van der Waals surface area contributed by atoms with Crippen molar-refractivity contribution in [2.24, 2.45) is 0 Å². The van der Waals surface area contributed by atoms with E-state index in [9.17, 15) is 14.4 Å². The highest BCUT2D eigenvalue weighted by molar-refractivity contribution is 6.31. The van der Waals surface area contributed by atoms with Crippen LogP contribution in [0.4, 0.5) is 5.69 Å². The molecule has 9 heteroatoms. The lowest BCUT2D eigenvalue weighted by atomic mass is 10.2. The number of hydrogen-bond donors (Lipinski definition) is 1. The maximum Gasteiger partial charge on any atom is 0.328 e. The van der Waals surface area contributed by atoms with E-state index in [0.29, 0.717) is 36.8 Å². The maximum atomic E-state index is 13.1. The molecular formula is C23H23ClN4O4. The van der Waals surface area contributed by atoms with Crippen molar-refractivity contribution in [1.29, 1.82) is 0 Å². The Kier molecular flexibility index (Phi) is 6.32. The van der Waals surface area contributed by atoms with Crippen molar-refractivity contribution in [3.05, 3.63) is 91.7 Å². The molecule has 0 radical (unpaired) electrons. The van der Waals surface area contributed by atoms with E-state index in [4.69, 9.17) is 16.3 Å². The molecule has 4 rings (SSSR count). The summed E-state index contributed by atoms with van der Waals surface area (Å²) in [5.74, 6) is 0.391. The summed E-state index contributed by atoms with van der Waals surface area (Å²) in [5, 5.41) is 0.449. The Bertz CT molecular complexity index is 1230. The molecule has 0 saturated carbocycles. The molecular weight excluding hydrogens is 432 g/mol. The number of nitrogens with zero attached hydrogens (tertiary/aromatic N) is 3. The first-order valence-corrected chi connectivity index (χ1v) is 10.6. The zero-order valence-corrected chi connectivity index (χ0v) is 18.3. The van der Waals surface area contributed by atoms with Crippen LogP contribution in [0.1, 0.15) is 15.9 Å². The third-order valence-corrected chi connectivity index (χ3v) is 5.95. The number of hydrogen-bond acceptors (Lipinski definition) is 5. The summed E-state index contributed by atoms with van der Waals surface area (Å²) in [6, 6.07) is 14.7. The molecule has 0 bridgehead atoms. The van der Waals surface area contributed by atoms with Crippen molar-refractivity contribution in [2.75, 3.05) is 38.2 Å². The molecule has 1 aliphatic heterocycles. The molecule has 1 saturated heterocycles. The van der Waals surface area contributed by atoms with Crippen LogP contribution >= 0.6 is 11.6 Å². The zero-order chi connectivity index (χ0) is 22.7. The number of aromatic amines is 1. The third kappa shape index (κ3) is 4.40. The molecule has 1 N–H and O–H groups in total. The van der Waals surface area contributed by atoms with E-state index in [0.717, 1.165) is 16.0 Å². The van der Waals surface area contributed by atoms with Gasteiger partial charge in [-0.1, -0.05) is 29.8 Å². The Morgan fingerprint density at radius 3 is 2.38 bits per heavy atom. The number of nitrogens with one attached hydrogen (secondary N) is 1. The summed E-state index contributed by atoms with van der Waals surface area (Å²) in [6.07, 6.45) is 1.20. The molecule has 0 atom stereocenters. The van der Waals surface area contributed by atoms with Crippen LogP contribution in [0, 0.1) is 0 Å². The number of carbonyl (C=O) groups is 1. The number of halogens is 1. The number of ether oxygens (including phenoxy) is 1. The normalized spacial score (nSPS) is 13.8. The van der Waals surface area contributed by atoms with Gasteiger partial charge in [0.2, 0.25) is 0 Å². The first kappa shape index (κ1) is 21.7. The van der Waals surface area contributed by atoms with Crippen LogP contribution in [0.15, 0.2) is 64.3 Å². The second-order valence-electron chi connectivity index (χ2n) is 7.47. The standard InChI is InChI=1S/C23H23ClN4O4/c1-32-18-8-6-17(7-9-18)26-10-12-27(13-11-26)21(29)19-14-25-23(31)28(22(19)30)15-16-4-2-3-5-20(16)24/h2-9,14H,10-13,15H2,1H3,(H,25,31). The lowest BCUT2D eigenvalue weighted by Gasteiger charge is -2.36. The SMILES string of the molecule is COc1ccc(N2CCN(C(=O)c3c[nH]c(=O)n(Cc4ccccc4Cl)c3=O)CC2)cc1. The Morgan fingerprint density at radius 2 is 1.72 bits per heavy atom. The van der Waals surface area contributed by atoms with Gasteiger partial charge in [-0.2, -0.15) is 0 Å². The highest BCUT2D eigenvalue weighted by Gasteiger charge is 2.25. The van der Waals surface area contributed by atoms with E-state index in [2.05, 4.69) is 9.88 Å². The maximum absolute atomic E-state index is 13.1. The minimum absolute atomic E-state index is 0.0137. The summed E-state index contributed by atoms with van der Waals surface area (Å²) in [4.78, 5) is 44.6. The van der Waals surface area contributed by atoms with Gasteiger partial charge in [-0.25, -0.2) is 4.79 Å². The largest absolute Gasteiger partial charge is 0.497 e. The molecule has 2 heterocycles. The van der Waals surface area contributed by atoms with Crippen LogP contribution in [0.3, 0.4) is 0 Å². The second kappa shape index (κ2) is 9.32. The monoisotopic (exact) mass is 454 g/mol. The van der Waals surface area contributed by atoms with Crippen LogP contribution in [-0.4, -0.2) is 53.6 Å². The molecule has 1 aliphatic rings. The first-order valence-electron chi connectivity index (χ1n) is 10.2. The molecule has 32 heavy (non-hydrogen) atoms. The number of methoxy groups -OCH3 is 1. The van der Waals surface area contributed by atoms with E-state index in [1.807, 2.05) is 24.3 Å². The van der Waals surface area contributed by atoms with Crippen molar-refractivity contribution in [3.63, 3.8) is 0 Å². The first-order chi connectivity index (χ1) is 15.5. The number of aromatic nitrogens is 2. The smallest absolute Gasteiger partial charge is 0.328 e. The molecule has 1 aromatic heterocycles.